The number of rotatable bonds is 18. The fourth-order valence-corrected chi connectivity index (χ4v) is 4.20. The molecule has 0 heterocycles. The molecule has 0 aliphatic heterocycles. The fourth-order valence-electron chi connectivity index (χ4n) is 4.20. The topological polar surface area (TPSA) is 0 Å². The first-order valence-electron chi connectivity index (χ1n) is 12.1. The normalized spacial score (nSPS) is 11.4. The van der Waals surface area contributed by atoms with E-state index < -0.39 is 0 Å². The minimum absolute atomic E-state index is 0. The van der Waals surface area contributed by atoms with Crippen LogP contribution in [0, 0.1) is 0 Å². The lowest BCUT2D eigenvalue weighted by Gasteiger charge is -2.35. The van der Waals surface area contributed by atoms with E-state index in [2.05, 4.69) is 51.2 Å². The van der Waals surface area contributed by atoms with Gasteiger partial charge in [0.2, 0.25) is 0 Å². The zero-order valence-electron chi connectivity index (χ0n) is 19.2. The third kappa shape index (κ3) is 14.5. The summed E-state index contributed by atoms with van der Waals surface area (Å²) in [6.07, 6.45) is 19.8. The fraction of sp³-hybridized carbons (Fsp3) is 0.769. The first kappa shape index (κ1) is 27.5. The number of hydrogen-bond acceptors (Lipinski definition) is 0. The highest BCUT2D eigenvalue weighted by Crippen LogP contribution is 2.18. The van der Waals surface area contributed by atoms with Gasteiger partial charge < -0.3 is 16.9 Å². The van der Waals surface area contributed by atoms with Crippen molar-refractivity contribution in [1.29, 1.82) is 0 Å². The smallest absolute Gasteiger partial charge is 0.104 e. The summed E-state index contributed by atoms with van der Waals surface area (Å²) >= 11 is 0. The Labute approximate surface area is 183 Å². The molecular weight excluding hydrogens is 362 g/mol. The van der Waals surface area contributed by atoms with Gasteiger partial charge in [0.1, 0.15) is 6.54 Å². The van der Waals surface area contributed by atoms with Gasteiger partial charge in [-0.05, 0) is 25.7 Å². The zero-order chi connectivity index (χ0) is 19.6. The van der Waals surface area contributed by atoms with Crippen LogP contribution in [0.25, 0.3) is 0 Å². The highest BCUT2D eigenvalue weighted by molar-refractivity contribution is 5.13. The van der Waals surface area contributed by atoms with Gasteiger partial charge in [-0.25, -0.2) is 0 Å². The van der Waals surface area contributed by atoms with E-state index in [0.29, 0.717) is 0 Å². The van der Waals surface area contributed by atoms with Crippen LogP contribution in [0.5, 0.6) is 0 Å². The van der Waals surface area contributed by atoms with Gasteiger partial charge in [-0.3, -0.25) is 0 Å². The summed E-state index contributed by atoms with van der Waals surface area (Å²) in [6.45, 7) is 8.50. The second-order valence-corrected chi connectivity index (χ2v) is 8.95. The Morgan fingerprint density at radius 2 is 0.964 bits per heavy atom. The standard InChI is InChI=1S/C26H48N.ClH/c1-4-6-8-10-12-14-19-23-27(3,25-26-21-17-16-18-22-26)24-20-15-13-11-9-7-5-2;/h16-18,21-22H,4-15,19-20,23-25H2,1-3H3;1H/q+1;/p-1. The molecule has 0 aromatic heterocycles. The molecular formula is C26H48ClN. The molecule has 28 heavy (non-hydrogen) atoms. The molecule has 2 heteroatoms. The highest BCUT2D eigenvalue weighted by atomic mass is 35.5. The Morgan fingerprint density at radius 3 is 1.39 bits per heavy atom. The molecule has 0 unspecified atom stereocenters. The molecule has 0 radical (unpaired) electrons. The van der Waals surface area contributed by atoms with E-state index in [9.17, 15) is 0 Å². The van der Waals surface area contributed by atoms with E-state index in [0.717, 1.165) is 0 Å². The molecule has 0 saturated carbocycles. The number of hydrogen-bond donors (Lipinski definition) is 0. The van der Waals surface area contributed by atoms with Crippen molar-refractivity contribution in [2.45, 2.75) is 110 Å². The van der Waals surface area contributed by atoms with Crippen LogP contribution in [0.15, 0.2) is 30.3 Å². The van der Waals surface area contributed by atoms with Crippen molar-refractivity contribution in [1.82, 2.24) is 0 Å². The van der Waals surface area contributed by atoms with Crippen molar-refractivity contribution in [3.63, 3.8) is 0 Å². The maximum absolute atomic E-state index is 2.50. The molecule has 1 aromatic carbocycles. The van der Waals surface area contributed by atoms with Crippen LogP contribution >= 0.6 is 0 Å². The van der Waals surface area contributed by atoms with E-state index in [1.54, 1.807) is 0 Å². The number of nitrogens with zero attached hydrogens (tertiary/aromatic N) is 1. The maximum Gasteiger partial charge on any atom is 0.104 e. The quantitative estimate of drug-likeness (QED) is 0.232. The molecule has 1 aromatic rings. The molecule has 0 atom stereocenters. The molecule has 0 aliphatic rings. The van der Waals surface area contributed by atoms with Crippen molar-refractivity contribution in [2.24, 2.45) is 0 Å². The van der Waals surface area contributed by atoms with Gasteiger partial charge in [-0.1, -0.05) is 108 Å². The van der Waals surface area contributed by atoms with E-state index in [4.69, 9.17) is 0 Å². The summed E-state index contributed by atoms with van der Waals surface area (Å²) in [5.74, 6) is 0. The van der Waals surface area contributed by atoms with Gasteiger partial charge in [-0.2, -0.15) is 0 Å². The predicted octanol–water partition coefficient (Wildman–Crippen LogP) is 5.14. The minimum atomic E-state index is 0. The van der Waals surface area contributed by atoms with Crippen LogP contribution < -0.4 is 12.4 Å². The predicted molar refractivity (Wildman–Crippen MR) is 122 cm³/mol. The molecule has 0 amide bonds. The third-order valence-electron chi connectivity index (χ3n) is 6.01. The molecule has 0 spiro atoms. The highest BCUT2D eigenvalue weighted by Gasteiger charge is 2.21. The molecule has 0 N–H and O–H groups in total. The first-order chi connectivity index (χ1) is 13.2. The van der Waals surface area contributed by atoms with Gasteiger partial charge >= 0.3 is 0 Å². The second-order valence-electron chi connectivity index (χ2n) is 8.95. The average molecular weight is 410 g/mol. The monoisotopic (exact) mass is 409 g/mol. The Kier molecular flexibility index (Phi) is 18.1. The van der Waals surface area contributed by atoms with Gasteiger partial charge in [0.25, 0.3) is 0 Å². The first-order valence-corrected chi connectivity index (χ1v) is 12.1. The third-order valence-corrected chi connectivity index (χ3v) is 6.01. The minimum Gasteiger partial charge on any atom is -1.00 e. The van der Waals surface area contributed by atoms with Crippen molar-refractivity contribution in [3.8, 4) is 0 Å². The van der Waals surface area contributed by atoms with E-state index in [-0.39, 0.29) is 12.4 Å². The lowest BCUT2D eigenvalue weighted by Crippen LogP contribution is -3.00. The summed E-state index contributed by atoms with van der Waals surface area (Å²) in [5, 5.41) is 0. The summed E-state index contributed by atoms with van der Waals surface area (Å²) in [7, 11) is 2.50. The van der Waals surface area contributed by atoms with Crippen LogP contribution in [0.4, 0.5) is 0 Å². The molecule has 1 rings (SSSR count). The van der Waals surface area contributed by atoms with Crippen LogP contribution in [-0.4, -0.2) is 24.6 Å². The van der Waals surface area contributed by atoms with Gasteiger partial charge in [-0.15, -0.1) is 0 Å². The van der Waals surface area contributed by atoms with Crippen molar-refractivity contribution >= 4 is 0 Å². The lowest BCUT2D eigenvalue weighted by atomic mass is 10.1. The van der Waals surface area contributed by atoms with E-state index in [1.165, 1.54) is 120 Å². The van der Waals surface area contributed by atoms with Crippen LogP contribution in [0.3, 0.4) is 0 Å². The Balaban J connectivity index is 0.00000729. The van der Waals surface area contributed by atoms with Gasteiger partial charge in [0, 0.05) is 5.56 Å². The van der Waals surface area contributed by atoms with Crippen LogP contribution in [0.2, 0.25) is 0 Å². The average Bonchev–Trinajstić information content (AvgIpc) is 2.67. The second kappa shape index (κ2) is 18.5. The number of halogens is 1. The molecule has 0 bridgehead atoms. The maximum atomic E-state index is 2.50. The van der Waals surface area contributed by atoms with Crippen molar-refractivity contribution in [3.05, 3.63) is 35.9 Å². The van der Waals surface area contributed by atoms with E-state index >= 15 is 0 Å². The van der Waals surface area contributed by atoms with Crippen molar-refractivity contribution < 1.29 is 16.9 Å². The number of quaternary nitrogens is 1. The molecule has 164 valence electrons. The van der Waals surface area contributed by atoms with Crippen molar-refractivity contribution in [2.75, 3.05) is 20.1 Å². The summed E-state index contributed by atoms with van der Waals surface area (Å²) in [5.41, 5.74) is 1.51. The summed E-state index contributed by atoms with van der Waals surface area (Å²) < 4.78 is 1.23. The molecule has 0 aliphatic carbocycles. The Bertz CT molecular complexity index is 413. The van der Waals surface area contributed by atoms with E-state index in [1.807, 2.05) is 0 Å². The summed E-state index contributed by atoms with van der Waals surface area (Å²) in [4.78, 5) is 0. The van der Waals surface area contributed by atoms with Crippen LogP contribution in [0.1, 0.15) is 109 Å². The van der Waals surface area contributed by atoms with Crippen LogP contribution in [-0.2, 0) is 6.54 Å². The number of unbranched alkanes of at least 4 members (excludes halogenated alkanes) is 12. The Morgan fingerprint density at radius 1 is 0.571 bits per heavy atom. The molecule has 0 fully saturated rings. The van der Waals surface area contributed by atoms with Gasteiger partial charge in [0.15, 0.2) is 0 Å². The molecule has 1 nitrogen and oxygen atoms in total. The zero-order valence-corrected chi connectivity index (χ0v) is 20.0. The van der Waals surface area contributed by atoms with Gasteiger partial charge in [0.05, 0.1) is 20.1 Å². The SMILES string of the molecule is CCCCCCCCC[N+](C)(CCCCCCCCC)Cc1ccccc1.[Cl-]. The largest absolute Gasteiger partial charge is 1.00 e. The summed E-state index contributed by atoms with van der Waals surface area (Å²) in [6, 6.07) is 11.2. The molecule has 0 saturated heterocycles. The Hall–Kier alpha value is -0.530. The lowest BCUT2D eigenvalue weighted by molar-refractivity contribution is -0.923. The number of benzene rings is 1.